The van der Waals surface area contributed by atoms with Crippen LogP contribution in [0.15, 0.2) is 12.1 Å². The lowest BCUT2D eigenvalue weighted by Gasteiger charge is -2.24. The number of amides is 1. The second kappa shape index (κ2) is 6.08. The lowest BCUT2D eigenvalue weighted by Crippen LogP contribution is -2.40. The summed E-state index contributed by atoms with van der Waals surface area (Å²) in [4.78, 5) is 22.1. The molecule has 1 amide bonds. The van der Waals surface area contributed by atoms with Crippen LogP contribution in [-0.2, 0) is 4.79 Å². The monoisotopic (exact) mass is 336 g/mol. The fourth-order valence-corrected chi connectivity index (χ4v) is 3.12. The molecule has 23 heavy (non-hydrogen) atoms. The third-order valence-electron chi connectivity index (χ3n) is 4.01. The van der Waals surface area contributed by atoms with Crippen LogP contribution in [0.2, 0.25) is 5.28 Å². The first-order valence-corrected chi connectivity index (χ1v) is 7.58. The number of aromatic nitrogens is 2. The molecule has 122 valence electrons. The van der Waals surface area contributed by atoms with Crippen molar-refractivity contribution in [3.63, 3.8) is 0 Å². The van der Waals surface area contributed by atoms with Crippen molar-refractivity contribution < 1.29 is 14.3 Å². The fraction of sp³-hybridized carbons (Fsp3) is 0.400. The highest BCUT2D eigenvalue weighted by atomic mass is 35.5. The molecule has 8 heteroatoms. The number of anilines is 1. The summed E-state index contributed by atoms with van der Waals surface area (Å²) in [6.45, 7) is 0.685. The Labute approximate surface area is 138 Å². The van der Waals surface area contributed by atoms with Crippen molar-refractivity contribution in [3.8, 4) is 11.5 Å². The Hall–Kier alpha value is -2.28. The van der Waals surface area contributed by atoms with Gasteiger partial charge in [0.1, 0.15) is 11.9 Å². The molecule has 1 atom stereocenters. The number of carbonyl (C=O) groups excluding carboxylic acids is 1. The van der Waals surface area contributed by atoms with Gasteiger partial charge in [0.2, 0.25) is 11.2 Å². The van der Waals surface area contributed by atoms with E-state index < -0.39 is 6.04 Å². The summed E-state index contributed by atoms with van der Waals surface area (Å²) in [5.41, 5.74) is 6.13. The summed E-state index contributed by atoms with van der Waals surface area (Å²) in [5, 5.41) is 0.843. The zero-order valence-electron chi connectivity index (χ0n) is 12.9. The average Bonchev–Trinajstić information content (AvgIpc) is 3.02. The van der Waals surface area contributed by atoms with Crippen molar-refractivity contribution in [1.29, 1.82) is 0 Å². The van der Waals surface area contributed by atoms with Crippen molar-refractivity contribution in [2.24, 2.45) is 5.73 Å². The maximum Gasteiger partial charge on any atom is 0.240 e. The van der Waals surface area contributed by atoms with Crippen LogP contribution in [0, 0.1) is 0 Å². The third kappa shape index (κ3) is 2.72. The lowest BCUT2D eigenvalue weighted by molar-refractivity contribution is -0.119. The number of carbonyl (C=O) groups is 1. The molecule has 0 saturated carbocycles. The van der Waals surface area contributed by atoms with Gasteiger partial charge in [-0.3, -0.25) is 4.79 Å². The standard InChI is InChI=1S/C15H17ClN4O3/c1-22-11-6-8-9(7-12(11)23-2)18-15(16)19-14(8)20-5-3-4-10(20)13(17)21/h6-7,10H,3-5H2,1-2H3,(H2,17,21)/t10-/m0/s1. The number of primary amides is 1. The Morgan fingerprint density at radius 1 is 1.30 bits per heavy atom. The number of hydrogen-bond donors (Lipinski definition) is 1. The Morgan fingerprint density at radius 2 is 2.00 bits per heavy atom. The molecule has 2 heterocycles. The predicted molar refractivity (Wildman–Crippen MR) is 87.2 cm³/mol. The van der Waals surface area contributed by atoms with E-state index in [4.69, 9.17) is 26.8 Å². The zero-order valence-corrected chi connectivity index (χ0v) is 13.6. The maximum absolute atomic E-state index is 11.7. The molecule has 1 aromatic heterocycles. The molecule has 0 bridgehead atoms. The van der Waals surface area contributed by atoms with Gasteiger partial charge in [0, 0.05) is 18.0 Å². The molecule has 1 fully saturated rings. The number of ether oxygens (including phenoxy) is 2. The minimum absolute atomic E-state index is 0.106. The third-order valence-corrected chi connectivity index (χ3v) is 4.18. The fourth-order valence-electron chi connectivity index (χ4n) is 2.95. The molecule has 1 aromatic carbocycles. The van der Waals surface area contributed by atoms with Gasteiger partial charge in [0.05, 0.1) is 19.7 Å². The number of nitrogens with zero attached hydrogens (tertiary/aromatic N) is 3. The molecule has 0 radical (unpaired) electrons. The van der Waals surface area contributed by atoms with Gasteiger partial charge in [-0.25, -0.2) is 4.98 Å². The lowest BCUT2D eigenvalue weighted by atomic mass is 10.1. The van der Waals surface area contributed by atoms with Gasteiger partial charge < -0.3 is 20.1 Å². The molecule has 1 aliphatic rings. The van der Waals surface area contributed by atoms with Crippen molar-refractivity contribution >= 4 is 34.2 Å². The first-order chi connectivity index (χ1) is 11.0. The van der Waals surface area contributed by atoms with Gasteiger partial charge in [-0.1, -0.05) is 0 Å². The number of halogens is 1. The average molecular weight is 337 g/mol. The van der Waals surface area contributed by atoms with Crippen LogP contribution in [0.5, 0.6) is 11.5 Å². The van der Waals surface area contributed by atoms with Crippen LogP contribution < -0.4 is 20.1 Å². The van der Waals surface area contributed by atoms with Crippen molar-refractivity contribution in [1.82, 2.24) is 9.97 Å². The van der Waals surface area contributed by atoms with E-state index in [0.717, 1.165) is 11.8 Å². The summed E-state index contributed by atoms with van der Waals surface area (Å²) in [6, 6.07) is 3.13. The molecule has 0 spiro atoms. The molecule has 0 unspecified atom stereocenters. The van der Waals surface area contributed by atoms with E-state index in [1.807, 2.05) is 4.90 Å². The maximum atomic E-state index is 11.7. The Kier molecular flexibility index (Phi) is 4.12. The van der Waals surface area contributed by atoms with Crippen LogP contribution >= 0.6 is 11.6 Å². The van der Waals surface area contributed by atoms with E-state index in [-0.39, 0.29) is 11.2 Å². The molecule has 7 nitrogen and oxygen atoms in total. The number of rotatable bonds is 4. The summed E-state index contributed by atoms with van der Waals surface area (Å²) in [6.07, 6.45) is 1.57. The topological polar surface area (TPSA) is 90.6 Å². The van der Waals surface area contributed by atoms with Gasteiger partial charge in [0.15, 0.2) is 11.5 Å². The van der Waals surface area contributed by atoms with E-state index in [2.05, 4.69) is 9.97 Å². The van der Waals surface area contributed by atoms with Gasteiger partial charge in [-0.05, 0) is 30.5 Å². The number of fused-ring (bicyclic) bond motifs is 1. The first kappa shape index (κ1) is 15.6. The van der Waals surface area contributed by atoms with Crippen molar-refractivity contribution in [2.75, 3.05) is 25.7 Å². The highest BCUT2D eigenvalue weighted by Gasteiger charge is 2.31. The molecule has 2 N–H and O–H groups in total. The molecule has 0 aliphatic carbocycles. The first-order valence-electron chi connectivity index (χ1n) is 7.20. The highest BCUT2D eigenvalue weighted by molar-refractivity contribution is 6.28. The molecule has 1 saturated heterocycles. The summed E-state index contributed by atoms with van der Waals surface area (Å²) < 4.78 is 10.6. The van der Waals surface area contributed by atoms with Crippen molar-refractivity contribution in [3.05, 3.63) is 17.4 Å². The second-order valence-corrected chi connectivity index (χ2v) is 5.63. The number of methoxy groups -OCH3 is 2. The normalized spacial score (nSPS) is 17.5. The summed E-state index contributed by atoms with van der Waals surface area (Å²) in [5.74, 6) is 1.32. The zero-order chi connectivity index (χ0) is 16.6. The Bertz CT molecular complexity index is 768. The van der Waals surface area contributed by atoms with Crippen LogP contribution in [0.4, 0.5) is 5.82 Å². The van der Waals surface area contributed by atoms with E-state index in [0.29, 0.717) is 35.8 Å². The quantitative estimate of drug-likeness (QED) is 0.855. The van der Waals surface area contributed by atoms with E-state index in [1.165, 1.54) is 0 Å². The van der Waals surface area contributed by atoms with Gasteiger partial charge in [-0.15, -0.1) is 0 Å². The SMILES string of the molecule is COc1cc2nc(Cl)nc(N3CCC[C@H]3C(N)=O)c2cc1OC. The minimum atomic E-state index is -0.391. The highest BCUT2D eigenvalue weighted by Crippen LogP contribution is 2.37. The van der Waals surface area contributed by atoms with Crippen molar-refractivity contribution in [2.45, 2.75) is 18.9 Å². The smallest absolute Gasteiger partial charge is 0.240 e. The molecule has 2 aromatic rings. The van der Waals surface area contributed by atoms with E-state index in [1.54, 1.807) is 26.4 Å². The molecule has 1 aliphatic heterocycles. The largest absolute Gasteiger partial charge is 0.493 e. The van der Waals surface area contributed by atoms with Crippen LogP contribution in [0.3, 0.4) is 0 Å². The molecular formula is C15H17ClN4O3. The van der Waals surface area contributed by atoms with Crippen LogP contribution in [0.1, 0.15) is 12.8 Å². The van der Waals surface area contributed by atoms with Crippen LogP contribution in [0.25, 0.3) is 10.9 Å². The summed E-state index contributed by atoms with van der Waals surface area (Å²) in [7, 11) is 3.11. The molecule has 3 rings (SSSR count). The number of hydrogen-bond acceptors (Lipinski definition) is 6. The summed E-state index contributed by atoms with van der Waals surface area (Å²) >= 11 is 6.06. The Balaban J connectivity index is 2.21. The minimum Gasteiger partial charge on any atom is -0.493 e. The second-order valence-electron chi connectivity index (χ2n) is 5.29. The van der Waals surface area contributed by atoms with Gasteiger partial charge in [-0.2, -0.15) is 4.98 Å². The van der Waals surface area contributed by atoms with E-state index in [9.17, 15) is 4.79 Å². The predicted octanol–water partition coefficient (Wildman–Crippen LogP) is 1.75. The Morgan fingerprint density at radius 3 is 2.65 bits per heavy atom. The van der Waals surface area contributed by atoms with Crippen LogP contribution in [-0.4, -0.2) is 42.7 Å². The number of nitrogens with two attached hydrogens (primary N) is 1. The number of benzene rings is 1. The molecular weight excluding hydrogens is 320 g/mol. The van der Waals surface area contributed by atoms with Gasteiger partial charge >= 0.3 is 0 Å². The van der Waals surface area contributed by atoms with E-state index >= 15 is 0 Å². The van der Waals surface area contributed by atoms with Gasteiger partial charge in [0.25, 0.3) is 0 Å².